The van der Waals surface area contributed by atoms with Crippen molar-refractivity contribution in [1.29, 1.82) is 0 Å². The molecule has 0 spiro atoms. The molecule has 0 amide bonds. The summed E-state index contributed by atoms with van der Waals surface area (Å²) in [6.45, 7) is 4.36. The molecule has 104 valence electrons. The van der Waals surface area contributed by atoms with Crippen molar-refractivity contribution in [2.45, 2.75) is 38.5 Å². The van der Waals surface area contributed by atoms with E-state index in [-0.39, 0.29) is 11.8 Å². The minimum absolute atomic E-state index is 0.189. The highest BCUT2D eigenvalue weighted by atomic mass is 16.5. The van der Waals surface area contributed by atoms with Crippen LogP contribution >= 0.6 is 0 Å². The lowest BCUT2D eigenvalue weighted by atomic mass is 9.85. The molecule has 1 aliphatic rings. The van der Waals surface area contributed by atoms with Gasteiger partial charge in [0.25, 0.3) is 0 Å². The van der Waals surface area contributed by atoms with Crippen LogP contribution in [0.4, 0.5) is 5.69 Å². The van der Waals surface area contributed by atoms with E-state index >= 15 is 0 Å². The minimum atomic E-state index is -0.232. The first-order chi connectivity index (χ1) is 9.79. The molecule has 3 rings (SSSR count). The van der Waals surface area contributed by atoms with E-state index in [1.807, 2.05) is 18.2 Å². The number of rotatable bonds is 3. The van der Waals surface area contributed by atoms with E-state index in [1.165, 1.54) is 5.56 Å². The molecule has 20 heavy (non-hydrogen) atoms. The maximum Gasteiger partial charge on any atom is 0.172 e. The molecule has 0 bridgehead atoms. The lowest BCUT2D eigenvalue weighted by Crippen LogP contribution is -2.38. The molecule has 0 aliphatic carbocycles. The summed E-state index contributed by atoms with van der Waals surface area (Å²) < 4.78 is 6.41. The summed E-state index contributed by atoms with van der Waals surface area (Å²) in [4.78, 5) is 4.42. The van der Waals surface area contributed by atoms with Crippen molar-refractivity contribution in [3.63, 3.8) is 0 Å². The molecule has 0 radical (unpaired) electrons. The van der Waals surface area contributed by atoms with Crippen molar-refractivity contribution in [2.24, 2.45) is 0 Å². The summed E-state index contributed by atoms with van der Waals surface area (Å²) in [6.07, 6.45) is 3.52. The summed E-state index contributed by atoms with van der Waals surface area (Å²) in [5, 5.41) is 3.45. The molecule has 1 N–H and O–H groups in total. The number of pyridine rings is 1. The molecule has 2 aromatic rings. The van der Waals surface area contributed by atoms with Crippen LogP contribution in [0.25, 0.3) is 0 Å². The predicted octanol–water partition coefficient (Wildman–Crippen LogP) is 4.24. The van der Waals surface area contributed by atoms with Crippen molar-refractivity contribution in [2.75, 3.05) is 5.32 Å². The Morgan fingerprint density at radius 3 is 2.55 bits per heavy atom. The zero-order valence-electron chi connectivity index (χ0n) is 12.0. The highest BCUT2D eigenvalue weighted by Crippen LogP contribution is 2.45. The van der Waals surface area contributed by atoms with E-state index in [1.54, 1.807) is 6.20 Å². The summed E-state index contributed by atoms with van der Waals surface area (Å²) in [7, 11) is 0. The first-order valence-corrected chi connectivity index (χ1v) is 7.24. The number of benzene rings is 1. The zero-order chi connectivity index (χ0) is 14.0. The van der Waals surface area contributed by atoms with Gasteiger partial charge in [-0.1, -0.05) is 38.1 Å². The van der Waals surface area contributed by atoms with Gasteiger partial charge < -0.3 is 10.1 Å². The highest BCUT2D eigenvalue weighted by Gasteiger charge is 2.39. The second kappa shape index (κ2) is 5.25. The predicted molar refractivity (Wildman–Crippen MR) is 80.4 cm³/mol. The molecule has 1 aromatic heterocycles. The molecule has 3 heteroatoms. The second-order valence-corrected chi connectivity index (χ2v) is 5.14. The third-order valence-corrected chi connectivity index (χ3v) is 4.15. The third kappa shape index (κ3) is 2.08. The van der Waals surface area contributed by atoms with E-state index in [9.17, 15) is 0 Å². The van der Waals surface area contributed by atoms with Crippen molar-refractivity contribution in [3.05, 3.63) is 59.9 Å². The number of nitrogens with one attached hydrogen (secondary N) is 1. The van der Waals surface area contributed by atoms with Crippen LogP contribution in [-0.4, -0.2) is 4.98 Å². The molecule has 2 heterocycles. The van der Waals surface area contributed by atoms with Crippen LogP contribution in [-0.2, 0) is 10.3 Å². The fourth-order valence-corrected chi connectivity index (χ4v) is 2.93. The highest BCUT2D eigenvalue weighted by molar-refractivity contribution is 5.56. The van der Waals surface area contributed by atoms with E-state index < -0.39 is 0 Å². The standard InChI is InChI=1S/C17H20N2O/c1-3-17(4-2)13-9-5-6-10-14(13)19-16(20-17)15-11-7-8-12-18-15/h5-12,16,19H,3-4H2,1-2H3/t16-/m0/s1. The number of anilines is 1. The van der Waals surface area contributed by atoms with Gasteiger partial charge in [-0.15, -0.1) is 0 Å². The minimum Gasteiger partial charge on any atom is -0.355 e. The van der Waals surface area contributed by atoms with E-state index in [4.69, 9.17) is 4.74 Å². The van der Waals surface area contributed by atoms with Gasteiger partial charge in [0.05, 0.1) is 11.3 Å². The molecule has 1 aromatic carbocycles. The van der Waals surface area contributed by atoms with Crippen LogP contribution in [0, 0.1) is 0 Å². The van der Waals surface area contributed by atoms with E-state index in [2.05, 4.69) is 48.4 Å². The molecule has 3 nitrogen and oxygen atoms in total. The van der Waals surface area contributed by atoms with Crippen LogP contribution in [0.2, 0.25) is 0 Å². The van der Waals surface area contributed by atoms with Gasteiger partial charge in [0.2, 0.25) is 0 Å². The van der Waals surface area contributed by atoms with Gasteiger partial charge in [-0.3, -0.25) is 4.98 Å². The number of aromatic nitrogens is 1. The molecule has 0 saturated carbocycles. The Balaban J connectivity index is 2.05. The summed E-state index contributed by atoms with van der Waals surface area (Å²) >= 11 is 0. The maximum absolute atomic E-state index is 6.41. The maximum atomic E-state index is 6.41. The van der Waals surface area contributed by atoms with Crippen LogP contribution in [0.1, 0.15) is 44.2 Å². The van der Waals surface area contributed by atoms with Gasteiger partial charge in [-0.2, -0.15) is 0 Å². The Morgan fingerprint density at radius 2 is 1.85 bits per heavy atom. The van der Waals surface area contributed by atoms with Gasteiger partial charge in [0, 0.05) is 17.4 Å². The lowest BCUT2D eigenvalue weighted by molar-refractivity contribution is -0.105. The largest absolute Gasteiger partial charge is 0.355 e. The monoisotopic (exact) mass is 268 g/mol. The summed E-state index contributed by atoms with van der Waals surface area (Å²) in [5.74, 6) is 0. The fourth-order valence-electron chi connectivity index (χ4n) is 2.93. The zero-order valence-corrected chi connectivity index (χ0v) is 12.0. The van der Waals surface area contributed by atoms with Crippen LogP contribution in [0.3, 0.4) is 0 Å². The van der Waals surface area contributed by atoms with E-state index in [0.29, 0.717) is 0 Å². The number of nitrogens with zero attached hydrogens (tertiary/aromatic N) is 1. The van der Waals surface area contributed by atoms with Crippen molar-refractivity contribution < 1.29 is 4.74 Å². The second-order valence-electron chi connectivity index (χ2n) is 5.14. The fraction of sp³-hybridized carbons (Fsp3) is 0.353. The third-order valence-electron chi connectivity index (χ3n) is 4.15. The van der Waals surface area contributed by atoms with Crippen molar-refractivity contribution in [1.82, 2.24) is 4.98 Å². The van der Waals surface area contributed by atoms with Gasteiger partial charge in [-0.05, 0) is 31.0 Å². The van der Waals surface area contributed by atoms with Crippen molar-refractivity contribution >= 4 is 5.69 Å². The average Bonchev–Trinajstić information content (AvgIpc) is 2.54. The topological polar surface area (TPSA) is 34.1 Å². The first-order valence-electron chi connectivity index (χ1n) is 7.24. The number of para-hydroxylation sites is 1. The Morgan fingerprint density at radius 1 is 1.10 bits per heavy atom. The first kappa shape index (κ1) is 13.1. The average molecular weight is 268 g/mol. The normalized spacial score (nSPS) is 20.0. The molecule has 1 atom stereocenters. The Bertz CT molecular complexity index is 579. The molecule has 0 unspecified atom stereocenters. The molecular formula is C17H20N2O. The quantitative estimate of drug-likeness (QED) is 0.904. The number of hydrogen-bond acceptors (Lipinski definition) is 3. The molecular weight excluding hydrogens is 248 g/mol. The Hall–Kier alpha value is -1.87. The number of ether oxygens (including phenoxy) is 1. The SMILES string of the molecule is CCC1(CC)O[C@@H](c2ccccn2)Nc2ccccc21. The van der Waals surface area contributed by atoms with Gasteiger partial charge >= 0.3 is 0 Å². The van der Waals surface area contributed by atoms with Crippen LogP contribution in [0.15, 0.2) is 48.7 Å². The summed E-state index contributed by atoms with van der Waals surface area (Å²) in [6, 6.07) is 14.3. The summed E-state index contributed by atoms with van der Waals surface area (Å²) in [5.41, 5.74) is 3.09. The van der Waals surface area contributed by atoms with Crippen molar-refractivity contribution in [3.8, 4) is 0 Å². The van der Waals surface area contributed by atoms with Crippen LogP contribution in [0.5, 0.6) is 0 Å². The number of hydrogen-bond donors (Lipinski definition) is 1. The Kier molecular flexibility index (Phi) is 3.45. The van der Waals surface area contributed by atoms with E-state index in [0.717, 1.165) is 24.2 Å². The molecule has 0 fully saturated rings. The van der Waals surface area contributed by atoms with Gasteiger partial charge in [0.15, 0.2) is 6.23 Å². The molecule has 0 saturated heterocycles. The number of fused-ring (bicyclic) bond motifs is 1. The lowest BCUT2D eigenvalue weighted by Gasteiger charge is -2.42. The smallest absolute Gasteiger partial charge is 0.172 e. The van der Waals surface area contributed by atoms with Gasteiger partial charge in [-0.25, -0.2) is 0 Å². The molecule has 1 aliphatic heterocycles. The Labute approximate surface area is 120 Å². The van der Waals surface area contributed by atoms with Crippen LogP contribution < -0.4 is 5.32 Å². The van der Waals surface area contributed by atoms with Gasteiger partial charge in [0.1, 0.15) is 0 Å².